The van der Waals surface area contributed by atoms with Crippen LogP contribution in [0.4, 0.5) is 24.5 Å². The summed E-state index contributed by atoms with van der Waals surface area (Å²) in [4.78, 5) is 16.7. The van der Waals surface area contributed by atoms with Crippen molar-refractivity contribution < 1.29 is 18.0 Å². The minimum atomic E-state index is -4.44. The third-order valence-electron chi connectivity index (χ3n) is 5.01. The third kappa shape index (κ3) is 3.06. The van der Waals surface area contributed by atoms with Gasteiger partial charge in [-0.05, 0) is 77.9 Å². The van der Waals surface area contributed by atoms with Crippen molar-refractivity contribution in [3.8, 4) is 0 Å². The topological polar surface area (TPSA) is 23.6 Å². The number of hydrogen-bond acceptors (Lipinski definition) is 2. The van der Waals surface area contributed by atoms with Gasteiger partial charge in [0.1, 0.15) is 0 Å². The van der Waals surface area contributed by atoms with Crippen molar-refractivity contribution in [2.45, 2.75) is 25.1 Å². The fraction of sp³-hybridized carbons (Fsp3) is 0.316. The summed E-state index contributed by atoms with van der Waals surface area (Å²) in [6.07, 6.45) is -2.51. The molecule has 7 heteroatoms. The Morgan fingerprint density at radius 1 is 1.08 bits per heavy atom. The van der Waals surface area contributed by atoms with Gasteiger partial charge in [-0.15, -0.1) is 0 Å². The molecule has 0 spiro atoms. The Balaban J connectivity index is 1.79. The molecule has 0 saturated carbocycles. The third-order valence-corrected chi connectivity index (χ3v) is 5.73. The van der Waals surface area contributed by atoms with Crippen LogP contribution in [-0.4, -0.2) is 25.0 Å². The molecule has 1 amide bonds. The second-order valence-electron chi connectivity index (χ2n) is 6.61. The van der Waals surface area contributed by atoms with Crippen LogP contribution in [-0.2, 0) is 6.18 Å². The minimum Gasteiger partial charge on any atom is -0.365 e. The van der Waals surface area contributed by atoms with Crippen LogP contribution in [0.2, 0.25) is 0 Å². The maximum atomic E-state index is 13.2. The Morgan fingerprint density at radius 3 is 2.50 bits per heavy atom. The first-order valence-corrected chi connectivity index (χ1v) is 9.48. The lowest BCUT2D eigenvalue weighted by atomic mass is 10.0. The number of hydrogen-bond donors (Lipinski definition) is 0. The number of carbonyl (C=O) groups excluding carboxylic acids is 1. The van der Waals surface area contributed by atoms with Gasteiger partial charge in [0.2, 0.25) is 0 Å². The van der Waals surface area contributed by atoms with Gasteiger partial charge in [0.05, 0.1) is 16.9 Å². The Hall–Kier alpha value is -1.77. The molecule has 0 aromatic heterocycles. The van der Waals surface area contributed by atoms with Crippen LogP contribution in [0.3, 0.4) is 0 Å². The molecule has 2 aromatic rings. The van der Waals surface area contributed by atoms with Gasteiger partial charge >= 0.3 is 6.18 Å². The minimum absolute atomic E-state index is 0.159. The first-order valence-electron chi connectivity index (χ1n) is 8.40. The highest BCUT2D eigenvalue weighted by atomic mass is 127. The molecule has 2 heterocycles. The lowest BCUT2D eigenvalue weighted by Crippen LogP contribution is -2.48. The molecule has 1 fully saturated rings. The highest BCUT2D eigenvalue weighted by Gasteiger charge is 2.39. The number of alkyl halides is 3. The van der Waals surface area contributed by atoms with Crippen LogP contribution in [0, 0.1) is 3.57 Å². The standard InChI is InChI=1S/C19H16F3IN2O/c20-19(21,22)13-5-8-16-17(10-13)25(11-15-2-1-9-24(15)16)18(26)12-3-6-14(23)7-4-12/h3-8,10,15H,1-2,9,11H2/t15-/m0/s1. The van der Waals surface area contributed by atoms with E-state index in [9.17, 15) is 18.0 Å². The molecular weight excluding hydrogens is 456 g/mol. The fourth-order valence-electron chi connectivity index (χ4n) is 3.75. The van der Waals surface area contributed by atoms with Crippen molar-refractivity contribution in [2.75, 3.05) is 22.9 Å². The monoisotopic (exact) mass is 472 g/mol. The van der Waals surface area contributed by atoms with E-state index in [1.165, 1.54) is 11.0 Å². The smallest absolute Gasteiger partial charge is 0.365 e. The number of carbonyl (C=O) groups is 1. The molecule has 0 N–H and O–H groups in total. The molecule has 1 atom stereocenters. The average molecular weight is 472 g/mol. The molecule has 0 unspecified atom stereocenters. The van der Waals surface area contributed by atoms with Crippen molar-refractivity contribution in [2.24, 2.45) is 0 Å². The summed E-state index contributed by atoms with van der Waals surface area (Å²) in [5.74, 6) is -0.256. The van der Waals surface area contributed by atoms with Crippen LogP contribution in [0.25, 0.3) is 0 Å². The zero-order chi connectivity index (χ0) is 18.5. The van der Waals surface area contributed by atoms with Crippen LogP contribution < -0.4 is 9.80 Å². The zero-order valence-electron chi connectivity index (χ0n) is 13.8. The number of amides is 1. The normalized spacial score (nSPS) is 19.3. The summed E-state index contributed by atoms with van der Waals surface area (Å²) in [5, 5.41) is 0. The number of benzene rings is 2. The van der Waals surface area contributed by atoms with Crippen molar-refractivity contribution in [1.82, 2.24) is 0 Å². The van der Waals surface area contributed by atoms with E-state index in [1.54, 1.807) is 12.1 Å². The summed E-state index contributed by atoms with van der Waals surface area (Å²) in [6.45, 7) is 1.23. The highest BCUT2D eigenvalue weighted by Crippen LogP contribution is 2.43. The molecule has 0 radical (unpaired) electrons. The maximum absolute atomic E-state index is 13.2. The predicted molar refractivity (Wildman–Crippen MR) is 103 cm³/mol. The van der Waals surface area contributed by atoms with Crippen LogP contribution in [0.5, 0.6) is 0 Å². The number of halogens is 4. The Kier molecular flexibility index (Phi) is 4.37. The van der Waals surface area contributed by atoms with Crippen molar-refractivity contribution >= 4 is 39.9 Å². The Labute approximate surface area is 162 Å². The van der Waals surface area contributed by atoms with Gasteiger partial charge in [0.25, 0.3) is 5.91 Å². The van der Waals surface area contributed by atoms with E-state index in [0.717, 1.165) is 35.1 Å². The van der Waals surface area contributed by atoms with Crippen LogP contribution in [0.15, 0.2) is 42.5 Å². The summed E-state index contributed by atoms with van der Waals surface area (Å²) >= 11 is 2.15. The Morgan fingerprint density at radius 2 is 1.81 bits per heavy atom. The molecule has 0 bridgehead atoms. The van der Waals surface area contributed by atoms with Crippen molar-refractivity contribution in [3.05, 3.63) is 57.2 Å². The number of rotatable bonds is 1. The van der Waals surface area contributed by atoms with Gasteiger partial charge in [0, 0.05) is 28.3 Å². The number of nitrogens with zero attached hydrogens (tertiary/aromatic N) is 2. The predicted octanol–water partition coefficient (Wildman–Crippen LogP) is 4.94. The van der Waals surface area contributed by atoms with Gasteiger partial charge in [-0.3, -0.25) is 4.79 Å². The zero-order valence-corrected chi connectivity index (χ0v) is 15.9. The van der Waals surface area contributed by atoms with Crippen molar-refractivity contribution in [1.29, 1.82) is 0 Å². The second kappa shape index (κ2) is 6.44. The van der Waals surface area contributed by atoms with Crippen LogP contribution in [0.1, 0.15) is 28.8 Å². The highest BCUT2D eigenvalue weighted by molar-refractivity contribution is 14.1. The van der Waals surface area contributed by atoms with E-state index >= 15 is 0 Å². The van der Waals surface area contributed by atoms with Gasteiger partial charge in [-0.1, -0.05) is 0 Å². The van der Waals surface area contributed by atoms with Gasteiger partial charge in [0.15, 0.2) is 0 Å². The second-order valence-corrected chi connectivity index (χ2v) is 7.86. The van der Waals surface area contributed by atoms with E-state index in [4.69, 9.17) is 0 Å². The molecule has 2 aliphatic rings. The van der Waals surface area contributed by atoms with E-state index in [2.05, 4.69) is 27.5 Å². The fourth-order valence-corrected chi connectivity index (χ4v) is 4.11. The summed E-state index contributed by atoms with van der Waals surface area (Å²) in [7, 11) is 0. The average Bonchev–Trinajstić information content (AvgIpc) is 3.08. The molecule has 4 rings (SSSR count). The van der Waals surface area contributed by atoms with Gasteiger partial charge in [-0.2, -0.15) is 13.2 Å². The van der Waals surface area contributed by atoms with E-state index in [-0.39, 0.29) is 11.9 Å². The molecule has 1 saturated heterocycles. The summed E-state index contributed by atoms with van der Waals surface area (Å²) < 4.78 is 40.6. The quantitative estimate of drug-likeness (QED) is 0.550. The molecule has 3 nitrogen and oxygen atoms in total. The van der Waals surface area contributed by atoms with E-state index in [1.807, 2.05) is 12.1 Å². The summed E-state index contributed by atoms with van der Waals surface area (Å²) in [6, 6.07) is 11.0. The number of fused-ring (bicyclic) bond motifs is 3. The van der Waals surface area contributed by atoms with Gasteiger partial charge < -0.3 is 9.80 Å². The first kappa shape index (κ1) is 17.6. The summed E-state index contributed by atoms with van der Waals surface area (Å²) in [5.41, 5.74) is 0.821. The first-order chi connectivity index (χ1) is 12.3. The van der Waals surface area contributed by atoms with E-state index in [0.29, 0.717) is 23.5 Å². The molecule has 0 aliphatic carbocycles. The SMILES string of the molecule is O=C(c1ccc(I)cc1)N1C[C@@H]2CCCN2c2ccc(C(F)(F)F)cc21. The lowest BCUT2D eigenvalue weighted by Gasteiger charge is -2.40. The molecule has 2 aliphatic heterocycles. The number of anilines is 2. The van der Waals surface area contributed by atoms with Crippen LogP contribution >= 0.6 is 22.6 Å². The van der Waals surface area contributed by atoms with Gasteiger partial charge in [-0.25, -0.2) is 0 Å². The molecule has 136 valence electrons. The molecule has 2 aromatic carbocycles. The Bertz CT molecular complexity index is 851. The maximum Gasteiger partial charge on any atom is 0.416 e. The molecular formula is C19H16F3IN2O. The lowest BCUT2D eigenvalue weighted by molar-refractivity contribution is -0.137. The molecule has 26 heavy (non-hydrogen) atoms. The largest absolute Gasteiger partial charge is 0.416 e. The van der Waals surface area contributed by atoms with Crippen molar-refractivity contribution in [3.63, 3.8) is 0 Å². The van der Waals surface area contributed by atoms with E-state index < -0.39 is 11.7 Å².